The van der Waals surface area contributed by atoms with E-state index in [0.29, 0.717) is 17.7 Å². The second-order valence-corrected chi connectivity index (χ2v) is 8.13. The van der Waals surface area contributed by atoms with E-state index < -0.39 is 28.2 Å². The van der Waals surface area contributed by atoms with Crippen LogP contribution in [0.2, 0.25) is 0 Å². The first kappa shape index (κ1) is 21.0. The molecule has 0 fully saturated rings. The molecule has 1 amide bonds. The highest BCUT2D eigenvalue weighted by atomic mass is 32.2. The molecule has 0 saturated carbocycles. The van der Waals surface area contributed by atoms with E-state index >= 15 is 0 Å². The molecular weight excluding hydrogens is 394 g/mol. The van der Waals surface area contributed by atoms with Gasteiger partial charge in [0.05, 0.1) is 17.6 Å². The molecule has 1 aliphatic heterocycles. The first-order valence-electron chi connectivity index (χ1n) is 9.16. The van der Waals surface area contributed by atoms with Gasteiger partial charge in [-0.15, -0.1) is 0 Å². The van der Waals surface area contributed by atoms with Crippen LogP contribution in [0, 0.1) is 6.92 Å². The zero-order chi connectivity index (χ0) is 20.9. The van der Waals surface area contributed by atoms with E-state index in [1.807, 2.05) is 42.5 Å². The monoisotopic (exact) mass is 417 g/mol. The molecule has 1 heterocycles. The fourth-order valence-electron chi connectivity index (χ4n) is 3.37. The molecule has 0 aromatic heterocycles. The number of hydrogen-bond acceptors (Lipinski definition) is 5. The van der Waals surface area contributed by atoms with Gasteiger partial charge in [-0.2, -0.15) is 8.42 Å². The topological polar surface area (TPSA) is 102 Å². The number of carbonyl (C=O) groups is 1. The molecule has 0 aliphatic carbocycles. The summed E-state index contributed by atoms with van der Waals surface area (Å²) in [5, 5.41) is 2.68. The van der Waals surface area contributed by atoms with E-state index in [4.69, 9.17) is 9.47 Å². The molecule has 0 unspecified atom stereocenters. The summed E-state index contributed by atoms with van der Waals surface area (Å²) in [6, 6.07) is 13.9. The Labute approximate surface area is 170 Å². The Bertz CT molecular complexity index is 987. The van der Waals surface area contributed by atoms with Crippen LogP contribution in [0.5, 0.6) is 0 Å². The van der Waals surface area contributed by atoms with Gasteiger partial charge < -0.3 is 14.8 Å². The van der Waals surface area contributed by atoms with Crippen molar-refractivity contribution in [2.24, 2.45) is 0 Å². The predicted octanol–water partition coefficient (Wildman–Crippen LogP) is 3.21. The Hall–Kier alpha value is -2.68. The molecule has 3 rings (SSSR count). The minimum atomic E-state index is -4.44. The van der Waals surface area contributed by atoms with Crippen LogP contribution in [-0.4, -0.2) is 38.3 Å². The summed E-state index contributed by atoms with van der Waals surface area (Å²) in [5.41, 5.74) is 1.94. The second-order valence-electron chi connectivity index (χ2n) is 6.74. The first-order chi connectivity index (χ1) is 13.9. The number of benzene rings is 2. The van der Waals surface area contributed by atoms with Gasteiger partial charge in [0, 0.05) is 12.5 Å². The fraction of sp³-hybridized carbons (Fsp3) is 0.286. The van der Waals surface area contributed by atoms with Gasteiger partial charge in [0.1, 0.15) is 6.61 Å². The fourth-order valence-corrected chi connectivity index (χ4v) is 4.21. The van der Waals surface area contributed by atoms with Crippen molar-refractivity contribution < 1.29 is 27.2 Å². The second kappa shape index (κ2) is 9.21. The molecule has 7 nitrogen and oxygen atoms in total. The number of rotatable bonds is 7. The van der Waals surface area contributed by atoms with Crippen LogP contribution >= 0.6 is 0 Å². The quantitative estimate of drug-likeness (QED) is 0.530. The molecule has 154 valence electrons. The van der Waals surface area contributed by atoms with Crippen LogP contribution in [0.1, 0.15) is 22.6 Å². The van der Waals surface area contributed by atoms with Crippen molar-refractivity contribution >= 4 is 16.2 Å². The standard InChI is InChI=1S/C21H23NO6S/c1-15-7-5-11-19(29(24,25)26)20(15)17(18-10-6-12-27-18)13-22-21(23)28-14-16-8-3-2-4-9-16/h2-11,17-18H,12-14H2,1H3,(H,22,23)(H,24,25,26)/t17-,18+/m1/s1. The first-order valence-corrected chi connectivity index (χ1v) is 10.6. The van der Waals surface area contributed by atoms with Crippen molar-refractivity contribution in [1.82, 2.24) is 5.32 Å². The molecular formula is C21H23NO6S. The largest absolute Gasteiger partial charge is 0.445 e. The van der Waals surface area contributed by atoms with Gasteiger partial charge in [0.25, 0.3) is 10.1 Å². The maximum Gasteiger partial charge on any atom is 0.407 e. The number of nitrogens with one attached hydrogen (secondary N) is 1. The minimum absolute atomic E-state index is 0.0794. The van der Waals surface area contributed by atoms with Gasteiger partial charge in [-0.1, -0.05) is 54.6 Å². The Morgan fingerprint density at radius 3 is 2.66 bits per heavy atom. The van der Waals surface area contributed by atoms with E-state index in [-0.39, 0.29) is 18.0 Å². The average molecular weight is 417 g/mol. The third kappa shape index (κ3) is 5.44. The van der Waals surface area contributed by atoms with Crippen LogP contribution in [0.25, 0.3) is 0 Å². The van der Waals surface area contributed by atoms with Crippen molar-refractivity contribution in [1.29, 1.82) is 0 Å². The third-order valence-electron chi connectivity index (χ3n) is 4.72. The van der Waals surface area contributed by atoms with Crippen molar-refractivity contribution in [3.05, 3.63) is 77.4 Å². The Balaban J connectivity index is 1.77. The van der Waals surface area contributed by atoms with E-state index in [1.165, 1.54) is 6.07 Å². The van der Waals surface area contributed by atoms with Crippen LogP contribution in [0.4, 0.5) is 4.79 Å². The summed E-state index contributed by atoms with van der Waals surface area (Å²) in [4.78, 5) is 12.0. The van der Waals surface area contributed by atoms with Gasteiger partial charge >= 0.3 is 6.09 Å². The Morgan fingerprint density at radius 2 is 2.00 bits per heavy atom. The van der Waals surface area contributed by atoms with E-state index in [9.17, 15) is 17.8 Å². The molecule has 2 atom stereocenters. The lowest BCUT2D eigenvalue weighted by molar-refractivity contribution is 0.101. The van der Waals surface area contributed by atoms with Gasteiger partial charge in [-0.05, 0) is 29.7 Å². The highest BCUT2D eigenvalue weighted by molar-refractivity contribution is 7.85. The normalized spacial score (nSPS) is 17.1. The van der Waals surface area contributed by atoms with Gasteiger partial charge in [0.2, 0.25) is 0 Å². The number of amides is 1. The lowest BCUT2D eigenvalue weighted by Gasteiger charge is -2.26. The van der Waals surface area contributed by atoms with Crippen molar-refractivity contribution in [2.45, 2.75) is 30.4 Å². The molecule has 0 radical (unpaired) electrons. The number of aryl methyl sites for hydroxylation is 1. The molecule has 2 aromatic carbocycles. The van der Waals surface area contributed by atoms with Crippen LogP contribution in [0.15, 0.2) is 65.6 Å². The van der Waals surface area contributed by atoms with Crippen LogP contribution in [0.3, 0.4) is 0 Å². The highest BCUT2D eigenvalue weighted by Crippen LogP contribution is 2.32. The number of alkyl carbamates (subject to hydrolysis) is 1. The maximum absolute atomic E-state index is 12.2. The number of hydrogen-bond donors (Lipinski definition) is 2. The third-order valence-corrected chi connectivity index (χ3v) is 5.63. The van der Waals surface area contributed by atoms with Gasteiger partial charge in [-0.3, -0.25) is 4.55 Å². The summed E-state index contributed by atoms with van der Waals surface area (Å²) in [6.07, 6.45) is 2.59. The summed E-state index contributed by atoms with van der Waals surface area (Å²) in [6.45, 7) is 2.35. The SMILES string of the molecule is Cc1cccc(S(=O)(=O)O)c1[C@H](CNC(=O)OCc1ccccc1)[C@@H]1C=CCO1. The van der Waals surface area contributed by atoms with Crippen molar-refractivity contribution in [3.63, 3.8) is 0 Å². The molecule has 29 heavy (non-hydrogen) atoms. The van der Waals surface area contributed by atoms with E-state index in [2.05, 4.69) is 5.32 Å². The van der Waals surface area contributed by atoms with Gasteiger partial charge in [-0.25, -0.2) is 4.79 Å². The molecule has 0 saturated heterocycles. The zero-order valence-corrected chi connectivity index (χ0v) is 16.8. The van der Waals surface area contributed by atoms with Crippen LogP contribution < -0.4 is 5.32 Å². The summed E-state index contributed by atoms with van der Waals surface area (Å²) in [7, 11) is -4.44. The smallest absolute Gasteiger partial charge is 0.407 e. The van der Waals surface area contributed by atoms with E-state index in [0.717, 1.165) is 5.56 Å². The summed E-state index contributed by atoms with van der Waals surface area (Å²) >= 11 is 0. The molecule has 0 bridgehead atoms. The average Bonchev–Trinajstić information content (AvgIpc) is 3.22. The molecule has 8 heteroatoms. The van der Waals surface area contributed by atoms with Gasteiger partial charge in [0.15, 0.2) is 0 Å². The Kier molecular flexibility index (Phi) is 6.68. The minimum Gasteiger partial charge on any atom is -0.445 e. The number of carbonyl (C=O) groups excluding carboxylic acids is 1. The predicted molar refractivity (Wildman–Crippen MR) is 107 cm³/mol. The maximum atomic E-state index is 12.2. The van der Waals surface area contributed by atoms with Crippen molar-refractivity contribution in [2.75, 3.05) is 13.2 Å². The molecule has 2 N–H and O–H groups in total. The van der Waals surface area contributed by atoms with Crippen molar-refractivity contribution in [3.8, 4) is 0 Å². The van der Waals surface area contributed by atoms with E-state index in [1.54, 1.807) is 19.1 Å². The molecule has 1 aliphatic rings. The zero-order valence-electron chi connectivity index (χ0n) is 15.9. The summed E-state index contributed by atoms with van der Waals surface area (Å²) < 4.78 is 44.4. The lowest BCUT2D eigenvalue weighted by atomic mass is 9.90. The highest BCUT2D eigenvalue weighted by Gasteiger charge is 2.31. The van der Waals surface area contributed by atoms with Crippen LogP contribution in [-0.2, 0) is 26.2 Å². The number of ether oxygens (including phenoxy) is 2. The summed E-state index contributed by atoms with van der Waals surface area (Å²) in [5.74, 6) is -0.517. The molecule has 0 spiro atoms. The molecule has 2 aromatic rings. The lowest BCUT2D eigenvalue weighted by Crippen LogP contribution is -2.34. The Morgan fingerprint density at radius 1 is 1.24 bits per heavy atom.